The van der Waals surface area contributed by atoms with Gasteiger partial charge in [-0.25, -0.2) is 0 Å². The van der Waals surface area contributed by atoms with Gasteiger partial charge in [0.25, 0.3) is 0 Å². The van der Waals surface area contributed by atoms with Gasteiger partial charge in [0.15, 0.2) is 0 Å². The number of anilines is 1. The fraction of sp³-hybridized carbons (Fsp3) is 0.636. The number of piperazine rings is 1. The van der Waals surface area contributed by atoms with Gasteiger partial charge in [0.05, 0.1) is 18.4 Å². The van der Waals surface area contributed by atoms with Crippen LogP contribution in [0.15, 0.2) is 12.4 Å². The van der Waals surface area contributed by atoms with E-state index >= 15 is 0 Å². The second-order valence-corrected chi connectivity index (χ2v) is 4.44. The van der Waals surface area contributed by atoms with E-state index in [1.165, 1.54) is 0 Å². The Kier molecular flexibility index (Phi) is 3.63. The number of hydrogen-bond donors (Lipinski definition) is 1. The summed E-state index contributed by atoms with van der Waals surface area (Å²) in [5.41, 5.74) is 0.884. The third-order valence-corrected chi connectivity index (χ3v) is 3.00. The molecule has 17 heavy (non-hydrogen) atoms. The number of amides is 1. The lowest BCUT2D eigenvalue weighted by Gasteiger charge is -2.32. The molecule has 1 aromatic heterocycles. The molecule has 1 N–H and O–H groups in total. The summed E-state index contributed by atoms with van der Waals surface area (Å²) in [7, 11) is 3.93. The molecule has 1 saturated heterocycles. The fourth-order valence-corrected chi connectivity index (χ4v) is 1.86. The molecular formula is C11H19N5O. The average Bonchev–Trinajstić information content (AvgIpc) is 2.73. The maximum absolute atomic E-state index is 11.9. The summed E-state index contributed by atoms with van der Waals surface area (Å²) in [6.45, 7) is 3.90. The highest BCUT2D eigenvalue weighted by atomic mass is 16.2. The van der Waals surface area contributed by atoms with Gasteiger partial charge < -0.3 is 15.1 Å². The molecule has 6 heteroatoms. The van der Waals surface area contributed by atoms with Crippen LogP contribution in [0.1, 0.15) is 0 Å². The molecule has 0 bridgehead atoms. The summed E-state index contributed by atoms with van der Waals surface area (Å²) >= 11 is 0. The number of aromatic nitrogens is 2. The zero-order valence-corrected chi connectivity index (χ0v) is 10.4. The monoisotopic (exact) mass is 237 g/mol. The SMILES string of the molecule is CN1CCN(C(=O)CNc2cnn(C)c2)CC1. The largest absolute Gasteiger partial charge is 0.374 e. The molecule has 2 heterocycles. The molecule has 2 rings (SSSR count). The fourth-order valence-electron chi connectivity index (χ4n) is 1.86. The number of carbonyl (C=O) groups is 1. The first-order chi connectivity index (χ1) is 8.15. The van der Waals surface area contributed by atoms with E-state index in [1.54, 1.807) is 10.9 Å². The van der Waals surface area contributed by atoms with E-state index in [1.807, 2.05) is 18.1 Å². The first-order valence-electron chi connectivity index (χ1n) is 5.84. The molecule has 6 nitrogen and oxygen atoms in total. The molecule has 0 saturated carbocycles. The third-order valence-electron chi connectivity index (χ3n) is 3.00. The molecule has 0 aromatic carbocycles. The average molecular weight is 237 g/mol. The van der Waals surface area contributed by atoms with Crippen molar-refractivity contribution in [1.82, 2.24) is 19.6 Å². The Morgan fingerprint density at radius 1 is 1.35 bits per heavy atom. The van der Waals surface area contributed by atoms with Crippen molar-refractivity contribution in [3.8, 4) is 0 Å². The minimum absolute atomic E-state index is 0.155. The molecule has 1 aliphatic rings. The quantitative estimate of drug-likeness (QED) is 0.777. The van der Waals surface area contributed by atoms with E-state index in [-0.39, 0.29) is 5.91 Å². The second-order valence-electron chi connectivity index (χ2n) is 4.44. The Bertz CT molecular complexity index is 381. The van der Waals surface area contributed by atoms with Crippen LogP contribution < -0.4 is 5.32 Å². The van der Waals surface area contributed by atoms with E-state index in [0.717, 1.165) is 31.9 Å². The molecule has 0 spiro atoms. The van der Waals surface area contributed by atoms with Crippen molar-refractivity contribution in [2.75, 3.05) is 45.1 Å². The van der Waals surface area contributed by atoms with Crippen molar-refractivity contribution >= 4 is 11.6 Å². The van der Waals surface area contributed by atoms with E-state index in [0.29, 0.717) is 6.54 Å². The summed E-state index contributed by atoms with van der Waals surface area (Å²) in [5.74, 6) is 0.155. The van der Waals surface area contributed by atoms with Crippen molar-refractivity contribution in [1.29, 1.82) is 0 Å². The van der Waals surface area contributed by atoms with Crippen LogP contribution in [0.5, 0.6) is 0 Å². The Balaban J connectivity index is 1.77. The van der Waals surface area contributed by atoms with Crippen molar-refractivity contribution in [3.63, 3.8) is 0 Å². The highest BCUT2D eigenvalue weighted by Crippen LogP contribution is 2.04. The predicted octanol–water partition coefficient (Wildman–Crippen LogP) is -0.394. The van der Waals surface area contributed by atoms with Gasteiger partial charge in [0.2, 0.25) is 5.91 Å². The highest BCUT2D eigenvalue weighted by Gasteiger charge is 2.18. The summed E-state index contributed by atoms with van der Waals surface area (Å²) in [6, 6.07) is 0. The summed E-state index contributed by atoms with van der Waals surface area (Å²) in [6.07, 6.45) is 3.58. The highest BCUT2D eigenvalue weighted by molar-refractivity contribution is 5.80. The predicted molar refractivity (Wildman–Crippen MR) is 65.8 cm³/mol. The first-order valence-corrected chi connectivity index (χ1v) is 5.84. The number of carbonyl (C=O) groups excluding carboxylic acids is 1. The van der Waals surface area contributed by atoms with Crippen LogP contribution >= 0.6 is 0 Å². The van der Waals surface area contributed by atoms with Crippen LogP contribution in [-0.2, 0) is 11.8 Å². The molecule has 1 fully saturated rings. The van der Waals surface area contributed by atoms with Gasteiger partial charge in [-0.3, -0.25) is 9.48 Å². The molecular weight excluding hydrogens is 218 g/mol. The standard InChI is InChI=1S/C11H19N5O/c1-14-3-5-16(6-4-14)11(17)8-12-10-7-13-15(2)9-10/h7,9,12H,3-6,8H2,1-2H3. The second kappa shape index (κ2) is 5.18. The van der Waals surface area contributed by atoms with Gasteiger partial charge in [-0.05, 0) is 7.05 Å². The number of nitrogens with zero attached hydrogens (tertiary/aromatic N) is 4. The van der Waals surface area contributed by atoms with Crippen LogP contribution in [0, 0.1) is 0 Å². The Morgan fingerprint density at radius 3 is 2.65 bits per heavy atom. The maximum atomic E-state index is 11.9. The van der Waals surface area contributed by atoms with E-state index in [4.69, 9.17) is 0 Å². The molecule has 1 amide bonds. The van der Waals surface area contributed by atoms with Crippen molar-refractivity contribution in [2.45, 2.75) is 0 Å². The number of aryl methyl sites for hydroxylation is 1. The smallest absolute Gasteiger partial charge is 0.241 e. The van der Waals surface area contributed by atoms with Gasteiger partial charge in [-0.15, -0.1) is 0 Å². The van der Waals surface area contributed by atoms with Crippen molar-refractivity contribution in [3.05, 3.63) is 12.4 Å². The van der Waals surface area contributed by atoms with Gasteiger partial charge in [0, 0.05) is 39.4 Å². The minimum Gasteiger partial charge on any atom is -0.374 e. The molecule has 0 radical (unpaired) electrons. The first kappa shape index (κ1) is 11.9. The Labute approximate surface area is 101 Å². The summed E-state index contributed by atoms with van der Waals surface area (Å²) in [4.78, 5) is 16.0. The van der Waals surface area contributed by atoms with E-state index < -0.39 is 0 Å². The van der Waals surface area contributed by atoms with Crippen molar-refractivity contribution in [2.24, 2.45) is 7.05 Å². The van der Waals surface area contributed by atoms with E-state index in [2.05, 4.69) is 22.4 Å². The number of likely N-dealkylation sites (N-methyl/N-ethyl adjacent to an activating group) is 1. The van der Waals surface area contributed by atoms with E-state index in [9.17, 15) is 4.79 Å². The Morgan fingerprint density at radius 2 is 2.06 bits per heavy atom. The molecule has 94 valence electrons. The van der Waals surface area contributed by atoms with Crippen LogP contribution in [0.2, 0.25) is 0 Å². The molecule has 1 aromatic rings. The summed E-state index contributed by atoms with van der Waals surface area (Å²) < 4.78 is 1.71. The number of hydrogen-bond acceptors (Lipinski definition) is 4. The number of rotatable bonds is 3. The molecule has 0 aliphatic carbocycles. The zero-order chi connectivity index (χ0) is 12.3. The van der Waals surface area contributed by atoms with Crippen molar-refractivity contribution < 1.29 is 4.79 Å². The topological polar surface area (TPSA) is 53.4 Å². The summed E-state index contributed by atoms with van der Waals surface area (Å²) in [5, 5.41) is 7.13. The third kappa shape index (κ3) is 3.20. The molecule has 0 unspecified atom stereocenters. The normalized spacial score (nSPS) is 17.2. The lowest BCUT2D eigenvalue weighted by atomic mass is 10.3. The van der Waals surface area contributed by atoms with Gasteiger partial charge >= 0.3 is 0 Å². The van der Waals surface area contributed by atoms with Crippen LogP contribution in [0.4, 0.5) is 5.69 Å². The van der Waals surface area contributed by atoms with Gasteiger partial charge in [-0.1, -0.05) is 0 Å². The van der Waals surface area contributed by atoms with Crippen LogP contribution in [0.3, 0.4) is 0 Å². The molecule has 0 atom stereocenters. The maximum Gasteiger partial charge on any atom is 0.241 e. The lowest BCUT2D eigenvalue weighted by Crippen LogP contribution is -2.48. The van der Waals surface area contributed by atoms with Crippen LogP contribution in [0.25, 0.3) is 0 Å². The zero-order valence-electron chi connectivity index (χ0n) is 10.4. The minimum atomic E-state index is 0.155. The number of nitrogens with one attached hydrogen (secondary N) is 1. The molecule has 1 aliphatic heterocycles. The van der Waals surface area contributed by atoms with Crippen LogP contribution in [-0.4, -0.2) is 65.3 Å². The lowest BCUT2D eigenvalue weighted by molar-refractivity contribution is -0.130. The van der Waals surface area contributed by atoms with Gasteiger partial charge in [0.1, 0.15) is 0 Å². The Hall–Kier alpha value is -1.56. The van der Waals surface area contributed by atoms with Gasteiger partial charge in [-0.2, -0.15) is 5.10 Å².